The highest BCUT2D eigenvalue weighted by atomic mass is 14.7. The third kappa shape index (κ3) is 0.752. The second-order valence-electron chi connectivity index (χ2n) is 4.89. The molecule has 62 valence electrons. The van der Waals surface area contributed by atoms with Crippen LogP contribution in [0.1, 0.15) is 32.1 Å². The second-order valence-corrected chi connectivity index (χ2v) is 4.89. The maximum absolute atomic E-state index is 6.14. The van der Waals surface area contributed by atoms with Crippen molar-refractivity contribution in [1.29, 1.82) is 0 Å². The fourth-order valence-electron chi connectivity index (χ4n) is 3.94. The third-order valence-corrected chi connectivity index (χ3v) is 4.49. The van der Waals surface area contributed by atoms with Gasteiger partial charge in [-0.25, -0.2) is 0 Å². The van der Waals surface area contributed by atoms with Gasteiger partial charge in [0.1, 0.15) is 0 Å². The lowest BCUT2D eigenvalue weighted by atomic mass is 9.77. The average molecular weight is 151 g/mol. The quantitative estimate of drug-likeness (QED) is 0.561. The van der Waals surface area contributed by atoms with Crippen molar-refractivity contribution in [3.05, 3.63) is 0 Å². The van der Waals surface area contributed by atoms with Crippen LogP contribution in [0.3, 0.4) is 0 Å². The molecule has 11 heavy (non-hydrogen) atoms. The topological polar surface area (TPSA) is 26.0 Å². The van der Waals surface area contributed by atoms with E-state index in [4.69, 9.17) is 5.73 Å². The minimum atomic E-state index is 0.575. The minimum absolute atomic E-state index is 0.575. The van der Waals surface area contributed by atoms with Crippen molar-refractivity contribution in [3.8, 4) is 0 Å². The number of nitrogens with two attached hydrogens (primary N) is 1. The van der Waals surface area contributed by atoms with Crippen LogP contribution in [-0.4, -0.2) is 6.04 Å². The molecule has 0 aromatic carbocycles. The van der Waals surface area contributed by atoms with Crippen LogP contribution in [0.2, 0.25) is 0 Å². The van der Waals surface area contributed by atoms with Gasteiger partial charge in [0.2, 0.25) is 0 Å². The number of fused-ring (bicyclic) bond motifs is 3. The highest BCUT2D eigenvalue weighted by Gasteiger charge is 2.48. The van der Waals surface area contributed by atoms with Crippen LogP contribution in [0, 0.1) is 23.7 Å². The molecule has 3 bridgehead atoms. The molecule has 1 nitrogen and oxygen atoms in total. The van der Waals surface area contributed by atoms with Crippen molar-refractivity contribution >= 4 is 0 Å². The van der Waals surface area contributed by atoms with Crippen LogP contribution < -0.4 is 5.73 Å². The molecule has 3 rings (SSSR count). The summed E-state index contributed by atoms with van der Waals surface area (Å²) in [5.74, 6) is 4.09. The molecule has 3 saturated carbocycles. The summed E-state index contributed by atoms with van der Waals surface area (Å²) >= 11 is 0. The molecule has 3 fully saturated rings. The van der Waals surface area contributed by atoms with Crippen molar-refractivity contribution in [2.75, 3.05) is 0 Å². The molecule has 0 radical (unpaired) electrons. The van der Waals surface area contributed by atoms with Crippen LogP contribution in [-0.2, 0) is 0 Å². The maximum Gasteiger partial charge on any atom is 0.00726 e. The zero-order chi connectivity index (χ0) is 7.42. The second kappa shape index (κ2) is 2.01. The summed E-state index contributed by atoms with van der Waals surface area (Å²) in [5, 5.41) is 0. The normalized spacial score (nSPS) is 60.3. The first-order valence-electron chi connectivity index (χ1n) is 5.10. The standard InChI is InChI=1S/C10H17N/c11-10-5-6-1-2-7-3-8(6)4-9(7)10/h6-10H,1-5,11H2/t6?,7?,8?,9-,10?/m1/s1. The van der Waals surface area contributed by atoms with Crippen LogP contribution in [0.4, 0.5) is 0 Å². The van der Waals surface area contributed by atoms with Crippen molar-refractivity contribution in [2.24, 2.45) is 29.4 Å². The zero-order valence-electron chi connectivity index (χ0n) is 7.00. The van der Waals surface area contributed by atoms with E-state index in [0.29, 0.717) is 6.04 Å². The first-order chi connectivity index (χ1) is 5.34. The highest BCUT2D eigenvalue weighted by Crippen LogP contribution is 2.55. The van der Waals surface area contributed by atoms with Gasteiger partial charge >= 0.3 is 0 Å². The summed E-state index contributed by atoms with van der Waals surface area (Å²) in [4.78, 5) is 0. The van der Waals surface area contributed by atoms with Gasteiger partial charge < -0.3 is 5.73 Å². The maximum atomic E-state index is 6.14. The van der Waals surface area contributed by atoms with Gasteiger partial charge in [-0.05, 0) is 55.8 Å². The Labute approximate surface area is 68.3 Å². The van der Waals surface area contributed by atoms with Crippen LogP contribution >= 0.6 is 0 Å². The summed E-state index contributed by atoms with van der Waals surface area (Å²) in [6.07, 6.45) is 7.37. The van der Waals surface area contributed by atoms with Gasteiger partial charge in [0.05, 0.1) is 0 Å². The van der Waals surface area contributed by atoms with E-state index in [9.17, 15) is 0 Å². The van der Waals surface area contributed by atoms with E-state index in [1.54, 1.807) is 0 Å². The number of hydrogen-bond acceptors (Lipinski definition) is 1. The molecule has 0 aromatic heterocycles. The van der Waals surface area contributed by atoms with Gasteiger partial charge in [-0.3, -0.25) is 0 Å². The molecule has 5 atom stereocenters. The fraction of sp³-hybridized carbons (Fsp3) is 1.00. The molecule has 0 aliphatic heterocycles. The largest absolute Gasteiger partial charge is 0.327 e. The Morgan fingerprint density at radius 3 is 2.55 bits per heavy atom. The Morgan fingerprint density at radius 1 is 0.818 bits per heavy atom. The Morgan fingerprint density at radius 2 is 1.64 bits per heavy atom. The molecule has 3 aliphatic carbocycles. The smallest absolute Gasteiger partial charge is 0.00726 e. The van der Waals surface area contributed by atoms with Gasteiger partial charge in [0.15, 0.2) is 0 Å². The summed E-state index contributed by atoms with van der Waals surface area (Å²) < 4.78 is 0. The average Bonchev–Trinajstić information content (AvgIpc) is 2.22. The Bertz CT molecular complexity index is 176. The first kappa shape index (κ1) is 6.47. The molecule has 0 aromatic rings. The molecule has 3 aliphatic rings. The van der Waals surface area contributed by atoms with Gasteiger partial charge in [-0.15, -0.1) is 0 Å². The zero-order valence-corrected chi connectivity index (χ0v) is 7.00. The van der Waals surface area contributed by atoms with Crippen molar-refractivity contribution < 1.29 is 0 Å². The molecule has 2 N–H and O–H groups in total. The molecular formula is C10H17N. The lowest BCUT2D eigenvalue weighted by molar-refractivity contribution is 0.219. The fourth-order valence-corrected chi connectivity index (χ4v) is 3.94. The van der Waals surface area contributed by atoms with Crippen LogP contribution in [0.25, 0.3) is 0 Å². The third-order valence-electron chi connectivity index (χ3n) is 4.49. The molecule has 1 heteroatoms. The van der Waals surface area contributed by atoms with E-state index < -0.39 is 0 Å². The molecule has 0 heterocycles. The van der Waals surface area contributed by atoms with E-state index >= 15 is 0 Å². The van der Waals surface area contributed by atoms with E-state index in [0.717, 1.165) is 23.7 Å². The SMILES string of the molecule is NC1CC2CCC3CC2C[C@@H]13. The van der Waals surface area contributed by atoms with Gasteiger partial charge in [0.25, 0.3) is 0 Å². The summed E-state index contributed by atoms with van der Waals surface area (Å²) in [6, 6.07) is 0.575. The molecular weight excluding hydrogens is 134 g/mol. The van der Waals surface area contributed by atoms with Crippen molar-refractivity contribution in [2.45, 2.75) is 38.1 Å². The van der Waals surface area contributed by atoms with E-state index in [1.807, 2.05) is 0 Å². The lowest BCUT2D eigenvalue weighted by Crippen LogP contribution is -2.35. The predicted molar refractivity (Wildman–Crippen MR) is 45.0 cm³/mol. The first-order valence-corrected chi connectivity index (χ1v) is 5.10. The Hall–Kier alpha value is -0.0400. The van der Waals surface area contributed by atoms with E-state index in [1.165, 1.54) is 32.1 Å². The van der Waals surface area contributed by atoms with Crippen molar-refractivity contribution in [1.82, 2.24) is 0 Å². The van der Waals surface area contributed by atoms with Gasteiger partial charge in [-0.1, -0.05) is 0 Å². The van der Waals surface area contributed by atoms with Crippen LogP contribution in [0.5, 0.6) is 0 Å². The molecule has 0 spiro atoms. The summed E-state index contributed by atoms with van der Waals surface area (Å²) in [5.41, 5.74) is 6.14. The van der Waals surface area contributed by atoms with E-state index in [-0.39, 0.29) is 0 Å². The van der Waals surface area contributed by atoms with Crippen molar-refractivity contribution in [3.63, 3.8) is 0 Å². The molecule has 0 amide bonds. The summed E-state index contributed by atoms with van der Waals surface area (Å²) in [6.45, 7) is 0. The molecule has 4 unspecified atom stereocenters. The predicted octanol–water partition coefficient (Wildman–Crippen LogP) is 1.77. The molecule has 0 saturated heterocycles. The summed E-state index contributed by atoms with van der Waals surface area (Å²) in [7, 11) is 0. The number of hydrogen-bond donors (Lipinski definition) is 1. The highest BCUT2D eigenvalue weighted by molar-refractivity contribution is 5.01. The lowest BCUT2D eigenvalue weighted by Gasteiger charge is -2.31. The van der Waals surface area contributed by atoms with Gasteiger partial charge in [-0.2, -0.15) is 0 Å². The van der Waals surface area contributed by atoms with Gasteiger partial charge in [0, 0.05) is 6.04 Å². The minimum Gasteiger partial charge on any atom is -0.327 e. The Balaban J connectivity index is 1.97. The monoisotopic (exact) mass is 151 g/mol. The Kier molecular flexibility index (Phi) is 1.18. The number of rotatable bonds is 0. The van der Waals surface area contributed by atoms with Crippen LogP contribution in [0.15, 0.2) is 0 Å². The van der Waals surface area contributed by atoms with E-state index in [2.05, 4.69) is 0 Å².